The third-order valence-electron chi connectivity index (χ3n) is 7.03. The van der Waals surface area contributed by atoms with Gasteiger partial charge in [0.05, 0.1) is 25.2 Å². The number of carbonyl (C=O) groups excluding carboxylic acids is 1. The van der Waals surface area contributed by atoms with Crippen molar-refractivity contribution in [3.8, 4) is 0 Å². The number of aliphatic hydroxyl groups excluding tert-OH is 1. The summed E-state index contributed by atoms with van der Waals surface area (Å²) in [6.07, 6.45) is 9.80. The molecule has 1 heterocycles. The molecule has 1 aromatic rings. The van der Waals surface area contributed by atoms with Gasteiger partial charge in [-0.05, 0) is 60.3 Å². The number of benzene rings is 1. The number of cyclic esters (lactones) is 1. The lowest BCUT2D eigenvalue weighted by atomic mass is 9.65. The van der Waals surface area contributed by atoms with E-state index in [0.29, 0.717) is 36.7 Å². The van der Waals surface area contributed by atoms with Crippen LogP contribution in [0.3, 0.4) is 0 Å². The van der Waals surface area contributed by atoms with Crippen LogP contribution >= 0.6 is 11.6 Å². The number of allylic oxidation sites excluding steroid dienone is 3. The van der Waals surface area contributed by atoms with Crippen molar-refractivity contribution < 1.29 is 19.4 Å². The van der Waals surface area contributed by atoms with Crippen LogP contribution in [-0.4, -0.2) is 29.4 Å². The summed E-state index contributed by atoms with van der Waals surface area (Å²) in [5.41, 5.74) is 2.51. The van der Waals surface area contributed by atoms with Gasteiger partial charge in [0, 0.05) is 17.4 Å². The highest BCUT2D eigenvalue weighted by atomic mass is 35.5. The van der Waals surface area contributed by atoms with Crippen LogP contribution in [0.2, 0.25) is 5.02 Å². The Hall–Kier alpha value is -1.62. The van der Waals surface area contributed by atoms with Crippen molar-refractivity contribution in [2.45, 2.75) is 70.9 Å². The number of aliphatic hydroxyl groups is 1. The highest BCUT2D eigenvalue weighted by Crippen LogP contribution is 2.45. The van der Waals surface area contributed by atoms with E-state index in [0.717, 1.165) is 29.8 Å². The lowest BCUT2D eigenvalue weighted by molar-refractivity contribution is -0.160. The van der Waals surface area contributed by atoms with Crippen LogP contribution in [0.25, 0.3) is 0 Å². The minimum absolute atomic E-state index is 0.118. The average Bonchev–Trinajstić information content (AvgIpc) is 2.72. The molecule has 0 amide bonds. The van der Waals surface area contributed by atoms with Gasteiger partial charge in [0.15, 0.2) is 0 Å². The fourth-order valence-electron chi connectivity index (χ4n) is 5.47. The summed E-state index contributed by atoms with van der Waals surface area (Å²) < 4.78 is 12.0. The number of halogens is 1. The molecule has 168 valence electrons. The molecule has 1 aromatic carbocycles. The molecular weight excluding hydrogens is 412 g/mol. The first-order chi connectivity index (χ1) is 14.9. The van der Waals surface area contributed by atoms with Crippen LogP contribution in [0.1, 0.15) is 51.5 Å². The number of hydrogen-bond acceptors (Lipinski definition) is 4. The number of rotatable bonds is 6. The minimum atomic E-state index is -0.573. The maximum atomic E-state index is 11.7. The second-order valence-electron chi connectivity index (χ2n) is 9.55. The zero-order valence-electron chi connectivity index (χ0n) is 18.4. The number of carbonyl (C=O) groups is 1. The summed E-state index contributed by atoms with van der Waals surface area (Å²) in [4.78, 5) is 11.7. The first-order valence-electron chi connectivity index (χ1n) is 11.5. The van der Waals surface area contributed by atoms with Gasteiger partial charge < -0.3 is 14.6 Å². The van der Waals surface area contributed by atoms with Crippen LogP contribution < -0.4 is 0 Å². The summed E-state index contributed by atoms with van der Waals surface area (Å²) in [7, 11) is 0. The van der Waals surface area contributed by atoms with Crippen molar-refractivity contribution in [2.75, 3.05) is 0 Å². The van der Waals surface area contributed by atoms with Gasteiger partial charge in [-0.3, -0.25) is 4.79 Å². The van der Waals surface area contributed by atoms with Crippen LogP contribution in [-0.2, 0) is 20.9 Å². The Labute approximate surface area is 190 Å². The Morgan fingerprint density at radius 3 is 2.68 bits per heavy atom. The largest absolute Gasteiger partial charge is 0.462 e. The van der Waals surface area contributed by atoms with Gasteiger partial charge in [-0.15, -0.1) is 0 Å². The van der Waals surface area contributed by atoms with Crippen molar-refractivity contribution in [2.24, 2.45) is 23.7 Å². The van der Waals surface area contributed by atoms with Crippen LogP contribution in [0.4, 0.5) is 0 Å². The van der Waals surface area contributed by atoms with Gasteiger partial charge in [-0.25, -0.2) is 0 Å². The van der Waals surface area contributed by atoms with E-state index in [2.05, 4.69) is 32.1 Å². The summed E-state index contributed by atoms with van der Waals surface area (Å²) in [5.74, 6) is 1.40. The molecule has 4 rings (SSSR count). The second-order valence-corrected chi connectivity index (χ2v) is 9.98. The number of ether oxygens (including phenoxy) is 2. The molecule has 0 radical (unpaired) electrons. The monoisotopic (exact) mass is 444 g/mol. The summed E-state index contributed by atoms with van der Waals surface area (Å²) in [6.45, 7) is 5.11. The Kier molecular flexibility index (Phi) is 7.20. The predicted molar refractivity (Wildman–Crippen MR) is 122 cm³/mol. The fourth-order valence-corrected chi connectivity index (χ4v) is 5.60. The number of fused-ring (bicyclic) bond motifs is 1. The molecule has 31 heavy (non-hydrogen) atoms. The van der Waals surface area contributed by atoms with Crippen molar-refractivity contribution >= 4 is 17.6 Å². The molecule has 1 aliphatic heterocycles. The van der Waals surface area contributed by atoms with E-state index >= 15 is 0 Å². The zero-order valence-corrected chi connectivity index (χ0v) is 19.1. The molecule has 0 aromatic heterocycles. The average molecular weight is 445 g/mol. The molecule has 0 bridgehead atoms. The van der Waals surface area contributed by atoms with E-state index in [1.165, 1.54) is 5.57 Å². The Morgan fingerprint density at radius 2 is 1.94 bits per heavy atom. The molecular formula is C26H33ClO4. The summed E-state index contributed by atoms with van der Waals surface area (Å²) in [5, 5.41) is 10.7. The third kappa shape index (κ3) is 5.60. The zero-order chi connectivity index (χ0) is 22.0. The number of hydrogen-bond donors (Lipinski definition) is 1. The molecule has 4 nitrogen and oxygen atoms in total. The highest BCUT2D eigenvalue weighted by Gasteiger charge is 2.40. The molecule has 3 aliphatic rings. The minimum Gasteiger partial charge on any atom is -0.462 e. The second kappa shape index (κ2) is 9.89. The van der Waals surface area contributed by atoms with Crippen LogP contribution in [0.5, 0.6) is 0 Å². The lowest BCUT2D eigenvalue weighted by Crippen LogP contribution is -2.40. The molecule has 1 fully saturated rings. The van der Waals surface area contributed by atoms with E-state index in [9.17, 15) is 9.90 Å². The Balaban J connectivity index is 1.46. The summed E-state index contributed by atoms with van der Waals surface area (Å²) >= 11 is 6.02. The maximum absolute atomic E-state index is 11.7. The third-order valence-corrected chi connectivity index (χ3v) is 7.28. The molecule has 1 N–H and O–H groups in total. The maximum Gasteiger partial charge on any atom is 0.308 e. The van der Waals surface area contributed by atoms with E-state index in [-0.39, 0.29) is 24.6 Å². The molecule has 0 spiro atoms. The SMILES string of the molecule is C[C@H]1C=C2C=C[C@H](C)[C@H](CC[C@@H]3C[C@@H](O)CC(=O)O3)[C@H]2[C@@H](OCc2ccc(Cl)cc2)C1. The van der Waals surface area contributed by atoms with Crippen molar-refractivity contribution in [1.82, 2.24) is 0 Å². The topological polar surface area (TPSA) is 55.8 Å². The van der Waals surface area contributed by atoms with Gasteiger partial charge >= 0.3 is 5.97 Å². The first-order valence-corrected chi connectivity index (χ1v) is 11.9. The van der Waals surface area contributed by atoms with E-state index in [1.807, 2.05) is 24.3 Å². The van der Waals surface area contributed by atoms with Gasteiger partial charge in [0.2, 0.25) is 0 Å². The standard InChI is InChI=1S/C26H33ClO4/c1-16-11-19-6-3-17(2)23(10-9-22-13-21(28)14-25(29)31-22)26(19)24(12-16)30-15-18-4-7-20(27)8-5-18/h3-8,11,16-17,21-24,26,28H,9-10,12-15H2,1-2H3/t16-,17-,21+,22+,23-,24-,26-/m0/s1. The molecule has 0 saturated carbocycles. The fraction of sp³-hybridized carbons (Fsp3) is 0.577. The van der Waals surface area contributed by atoms with Crippen molar-refractivity contribution in [3.05, 3.63) is 58.7 Å². The van der Waals surface area contributed by atoms with Gasteiger partial charge in [0.25, 0.3) is 0 Å². The lowest BCUT2D eigenvalue weighted by Gasteiger charge is -2.43. The quantitative estimate of drug-likeness (QED) is 0.590. The Bertz CT molecular complexity index is 830. The van der Waals surface area contributed by atoms with Gasteiger partial charge in [-0.1, -0.05) is 55.8 Å². The predicted octanol–water partition coefficient (Wildman–Crippen LogP) is 5.48. The van der Waals surface area contributed by atoms with Gasteiger partial charge in [0.1, 0.15) is 6.10 Å². The van der Waals surface area contributed by atoms with E-state index in [4.69, 9.17) is 21.1 Å². The molecule has 1 saturated heterocycles. The molecule has 2 aliphatic carbocycles. The molecule has 7 atom stereocenters. The Morgan fingerprint density at radius 1 is 1.16 bits per heavy atom. The highest BCUT2D eigenvalue weighted by molar-refractivity contribution is 6.30. The number of esters is 1. The first kappa shape index (κ1) is 22.6. The van der Waals surface area contributed by atoms with E-state index in [1.54, 1.807) is 0 Å². The van der Waals surface area contributed by atoms with Crippen molar-refractivity contribution in [3.63, 3.8) is 0 Å². The van der Waals surface area contributed by atoms with Crippen LogP contribution in [0, 0.1) is 23.7 Å². The molecule has 0 unspecified atom stereocenters. The van der Waals surface area contributed by atoms with Crippen LogP contribution in [0.15, 0.2) is 48.1 Å². The van der Waals surface area contributed by atoms with Gasteiger partial charge in [-0.2, -0.15) is 0 Å². The normalized spacial score (nSPS) is 35.3. The van der Waals surface area contributed by atoms with E-state index < -0.39 is 6.10 Å². The smallest absolute Gasteiger partial charge is 0.308 e. The molecule has 5 heteroatoms. The summed E-state index contributed by atoms with van der Waals surface area (Å²) in [6, 6.07) is 7.86. The van der Waals surface area contributed by atoms with Crippen molar-refractivity contribution in [1.29, 1.82) is 0 Å².